The van der Waals surface area contributed by atoms with Crippen LogP contribution in [-0.4, -0.2) is 16.2 Å². The monoisotopic (exact) mass is 298 g/mol. The third kappa shape index (κ3) is 2.59. The highest BCUT2D eigenvalue weighted by Crippen LogP contribution is 2.25. The maximum absolute atomic E-state index is 10.4. The summed E-state index contributed by atoms with van der Waals surface area (Å²) < 4.78 is 0.996. The largest absolute Gasteiger partial charge is 0.465 e. The molecule has 0 radical (unpaired) electrons. The number of rotatable bonds is 2. The normalized spacial score (nSPS) is 10.1. The van der Waals surface area contributed by atoms with Crippen LogP contribution in [0.15, 0.2) is 34.1 Å². The third-order valence-electron chi connectivity index (χ3n) is 1.86. The molecule has 0 atom stereocenters. The number of anilines is 1. The second-order valence-electron chi connectivity index (χ2n) is 2.97. The third-order valence-corrected chi connectivity index (χ3v) is 3.14. The van der Waals surface area contributed by atoms with E-state index in [9.17, 15) is 4.79 Å². The molecular weight excluding hydrogens is 292 g/mol. The number of carbonyl (C=O) groups is 1. The summed E-state index contributed by atoms with van der Waals surface area (Å²) >= 11 is 4.61. The summed E-state index contributed by atoms with van der Waals surface area (Å²) in [5, 5.41) is 12.9. The number of hydrogen-bond donors (Lipinski definition) is 2. The zero-order valence-electron chi connectivity index (χ0n) is 7.98. The fraction of sp³-hybridized carbons (Fsp3) is 0. The van der Waals surface area contributed by atoms with E-state index >= 15 is 0 Å². The highest BCUT2D eigenvalue weighted by atomic mass is 79.9. The standard InChI is InChI=1S/C10H7BrN2O2S/c11-7-3-1-6(2-4-7)8-5-16-9(12-8)13-10(14)15/h1-5H,(H,12,13)(H,14,15). The summed E-state index contributed by atoms with van der Waals surface area (Å²) in [5.74, 6) is 0. The molecular formula is C10H7BrN2O2S. The van der Waals surface area contributed by atoms with Crippen LogP contribution in [0.1, 0.15) is 0 Å². The van der Waals surface area contributed by atoms with Gasteiger partial charge in [-0.3, -0.25) is 5.32 Å². The van der Waals surface area contributed by atoms with Crippen molar-refractivity contribution < 1.29 is 9.90 Å². The molecule has 2 rings (SSSR count). The van der Waals surface area contributed by atoms with Crippen LogP contribution in [0, 0.1) is 0 Å². The highest BCUT2D eigenvalue weighted by Gasteiger charge is 2.06. The minimum absolute atomic E-state index is 0.380. The quantitative estimate of drug-likeness (QED) is 0.889. The van der Waals surface area contributed by atoms with E-state index in [1.54, 1.807) is 0 Å². The number of halogens is 1. The fourth-order valence-corrected chi connectivity index (χ4v) is 2.15. The Hall–Kier alpha value is -1.40. The summed E-state index contributed by atoms with van der Waals surface area (Å²) in [7, 11) is 0. The van der Waals surface area contributed by atoms with Gasteiger partial charge in [-0.25, -0.2) is 9.78 Å². The molecule has 0 aliphatic rings. The van der Waals surface area contributed by atoms with E-state index in [1.165, 1.54) is 11.3 Å². The van der Waals surface area contributed by atoms with Gasteiger partial charge in [0, 0.05) is 15.4 Å². The van der Waals surface area contributed by atoms with Crippen LogP contribution in [-0.2, 0) is 0 Å². The number of amides is 1. The van der Waals surface area contributed by atoms with E-state index in [0.29, 0.717) is 5.13 Å². The smallest absolute Gasteiger partial charge is 0.410 e. The van der Waals surface area contributed by atoms with Gasteiger partial charge in [-0.1, -0.05) is 28.1 Å². The van der Waals surface area contributed by atoms with E-state index in [-0.39, 0.29) is 0 Å². The lowest BCUT2D eigenvalue weighted by atomic mass is 10.2. The van der Waals surface area contributed by atoms with Crippen LogP contribution in [0.2, 0.25) is 0 Å². The Bertz CT molecular complexity index is 510. The van der Waals surface area contributed by atoms with E-state index in [0.717, 1.165) is 15.7 Å². The zero-order valence-corrected chi connectivity index (χ0v) is 10.4. The Labute approximate surface area is 104 Å². The highest BCUT2D eigenvalue weighted by molar-refractivity contribution is 9.10. The van der Waals surface area contributed by atoms with Crippen LogP contribution in [0.3, 0.4) is 0 Å². The molecule has 82 valence electrons. The molecule has 1 aromatic heterocycles. The minimum atomic E-state index is -1.10. The van der Waals surface area contributed by atoms with Gasteiger partial charge in [0.25, 0.3) is 0 Å². The number of hydrogen-bond acceptors (Lipinski definition) is 3. The molecule has 0 aliphatic carbocycles. The first kappa shape index (κ1) is 11.1. The van der Waals surface area contributed by atoms with Gasteiger partial charge in [0.05, 0.1) is 5.69 Å². The van der Waals surface area contributed by atoms with Gasteiger partial charge in [-0.2, -0.15) is 0 Å². The number of thiazole rings is 1. The first-order valence-corrected chi connectivity index (χ1v) is 6.04. The molecule has 16 heavy (non-hydrogen) atoms. The Morgan fingerprint density at radius 1 is 1.38 bits per heavy atom. The summed E-state index contributed by atoms with van der Waals surface area (Å²) in [6, 6.07) is 7.67. The van der Waals surface area contributed by atoms with Gasteiger partial charge in [0.2, 0.25) is 0 Å². The molecule has 0 bridgehead atoms. The van der Waals surface area contributed by atoms with Crippen molar-refractivity contribution in [3.8, 4) is 11.3 Å². The van der Waals surface area contributed by atoms with Crippen molar-refractivity contribution in [3.63, 3.8) is 0 Å². The maximum atomic E-state index is 10.4. The maximum Gasteiger partial charge on any atom is 0.410 e. The molecule has 1 amide bonds. The molecule has 0 unspecified atom stereocenters. The van der Waals surface area contributed by atoms with E-state index in [1.807, 2.05) is 29.6 Å². The Balaban J connectivity index is 2.24. The van der Waals surface area contributed by atoms with Crippen molar-refractivity contribution in [2.75, 3.05) is 5.32 Å². The van der Waals surface area contributed by atoms with Gasteiger partial charge in [-0.15, -0.1) is 11.3 Å². The van der Waals surface area contributed by atoms with Crippen molar-refractivity contribution in [3.05, 3.63) is 34.1 Å². The van der Waals surface area contributed by atoms with Crippen molar-refractivity contribution >= 4 is 38.5 Å². The number of carboxylic acid groups (broad SMARTS) is 1. The Kier molecular flexibility index (Phi) is 3.21. The Morgan fingerprint density at radius 2 is 2.06 bits per heavy atom. The molecule has 1 heterocycles. The van der Waals surface area contributed by atoms with Crippen molar-refractivity contribution in [2.45, 2.75) is 0 Å². The molecule has 6 heteroatoms. The predicted octanol–water partition coefficient (Wildman–Crippen LogP) is 3.66. The lowest BCUT2D eigenvalue weighted by molar-refractivity contribution is 0.209. The van der Waals surface area contributed by atoms with Crippen molar-refractivity contribution in [1.82, 2.24) is 4.98 Å². The van der Waals surface area contributed by atoms with Crippen LogP contribution in [0.25, 0.3) is 11.3 Å². The molecule has 0 saturated heterocycles. The van der Waals surface area contributed by atoms with Gasteiger partial charge in [-0.05, 0) is 12.1 Å². The molecule has 0 saturated carbocycles. The number of benzene rings is 1. The molecule has 2 N–H and O–H groups in total. The topological polar surface area (TPSA) is 62.2 Å². The van der Waals surface area contributed by atoms with Crippen molar-refractivity contribution in [2.24, 2.45) is 0 Å². The number of nitrogens with one attached hydrogen (secondary N) is 1. The van der Waals surface area contributed by atoms with Gasteiger partial charge < -0.3 is 5.11 Å². The lowest BCUT2D eigenvalue weighted by Crippen LogP contribution is -2.06. The molecule has 4 nitrogen and oxygen atoms in total. The van der Waals surface area contributed by atoms with Gasteiger partial charge >= 0.3 is 6.09 Å². The SMILES string of the molecule is O=C(O)Nc1nc(-c2ccc(Br)cc2)cs1. The Morgan fingerprint density at radius 3 is 2.69 bits per heavy atom. The van der Waals surface area contributed by atoms with Crippen LogP contribution in [0.5, 0.6) is 0 Å². The van der Waals surface area contributed by atoms with E-state index < -0.39 is 6.09 Å². The molecule has 0 spiro atoms. The summed E-state index contributed by atoms with van der Waals surface area (Å²) in [5.41, 5.74) is 1.72. The summed E-state index contributed by atoms with van der Waals surface area (Å²) in [4.78, 5) is 14.6. The zero-order chi connectivity index (χ0) is 11.5. The number of nitrogens with zero attached hydrogens (tertiary/aromatic N) is 1. The second-order valence-corrected chi connectivity index (χ2v) is 4.75. The molecule has 0 aliphatic heterocycles. The number of aromatic nitrogens is 1. The van der Waals surface area contributed by atoms with E-state index in [2.05, 4.69) is 26.2 Å². The van der Waals surface area contributed by atoms with Crippen LogP contribution in [0.4, 0.5) is 9.93 Å². The van der Waals surface area contributed by atoms with Crippen LogP contribution >= 0.6 is 27.3 Å². The second kappa shape index (κ2) is 4.63. The molecule has 2 aromatic rings. The average molecular weight is 299 g/mol. The van der Waals surface area contributed by atoms with Crippen LogP contribution < -0.4 is 5.32 Å². The molecule has 0 fully saturated rings. The molecule has 1 aromatic carbocycles. The first-order chi connectivity index (χ1) is 7.65. The summed E-state index contributed by atoms with van der Waals surface area (Å²) in [6.45, 7) is 0. The predicted molar refractivity (Wildman–Crippen MR) is 66.9 cm³/mol. The minimum Gasteiger partial charge on any atom is -0.465 e. The summed E-state index contributed by atoms with van der Waals surface area (Å²) in [6.07, 6.45) is -1.10. The van der Waals surface area contributed by atoms with Crippen molar-refractivity contribution in [1.29, 1.82) is 0 Å². The van der Waals surface area contributed by atoms with Gasteiger partial charge in [0.15, 0.2) is 5.13 Å². The van der Waals surface area contributed by atoms with Gasteiger partial charge in [0.1, 0.15) is 0 Å². The van der Waals surface area contributed by atoms with E-state index in [4.69, 9.17) is 5.11 Å². The fourth-order valence-electron chi connectivity index (χ4n) is 1.18. The lowest BCUT2D eigenvalue weighted by Gasteiger charge is -1.96. The first-order valence-electron chi connectivity index (χ1n) is 4.36. The average Bonchev–Trinajstić information content (AvgIpc) is 2.66.